The monoisotopic (exact) mass is 254 g/mol. The molecule has 1 aromatic carbocycles. The van der Waals surface area contributed by atoms with Gasteiger partial charge in [-0.25, -0.2) is 9.69 Å². The van der Waals surface area contributed by atoms with E-state index < -0.39 is 11.0 Å². The number of halogens is 1. The minimum Gasteiger partial charge on any atom is -0.316 e. The van der Waals surface area contributed by atoms with Crippen LogP contribution in [-0.2, 0) is 4.79 Å². The maximum Gasteiger partial charge on any atom is 0.330 e. The van der Waals surface area contributed by atoms with E-state index in [1.807, 2.05) is 6.07 Å². The molecule has 1 unspecified atom stereocenters. The van der Waals surface area contributed by atoms with Gasteiger partial charge in [-0.3, -0.25) is 4.79 Å². The molecule has 1 atom stereocenters. The molecule has 4 nitrogen and oxygen atoms in total. The average molecular weight is 255 g/mol. The number of alkyl halides is 1. The lowest BCUT2D eigenvalue weighted by molar-refractivity contribution is -0.116. The number of amides is 3. The van der Waals surface area contributed by atoms with Crippen LogP contribution in [0, 0.1) is 0 Å². The van der Waals surface area contributed by atoms with Crippen LogP contribution in [0.15, 0.2) is 30.3 Å². The first kappa shape index (κ1) is 9.21. The van der Waals surface area contributed by atoms with Gasteiger partial charge in [-0.05, 0) is 12.1 Å². The smallest absolute Gasteiger partial charge is 0.316 e. The largest absolute Gasteiger partial charge is 0.330 e. The van der Waals surface area contributed by atoms with Crippen LogP contribution in [-0.4, -0.2) is 16.9 Å². The van der Waals surface area contributed by atoms with Crippen molar-refractivity contribution in [2.75, 3.05) is 4.90 Å². The zero-order valence-corrected chi connectivity index (χ0v) is 8.69. The molecule has 1 aromatic rings. The minimum absolute atomic E-state index is 0.291. The molecule has 0 bridgehead atoms. The number of carbonyl (C=O) groups is 2. The molecule has 1 aliphatic heterocycles. The zero-order valence-electron chi connectivity index (χ0n) is 7.11. The Hall–Kier alpha value is -1.36. The van der Waals surface area contributed by atoms with Crippen LogP contribution < -0.4 is 10.2 Å². The summed E-state index contributed by atoms with van der Waals surface area (Å²) in [5.74, 6) is -0.291. The van der Waals surface area contributed by atoms with E-state index in [2.05, 4.69) is 21.2 Å². The number of hydrogen-bond acceptors (Lipinski definition) is 2. The van der Waals surface area contributed by atoms with Crippen LogP contribution in [0.25, 0.3) is 0 Å². The second-order valence-electron chi connectivity index (χ2n) is 2.82. The summed E-state index contributed by atoms with van der Waals surface area (Å²) < 4.78 is 0. The van der Waals surface area contributed by atoms with Crippen LogP contribution in [0.1, 0.15) is 0 Å². The van der Waals surface area contributed by atoms with Gasteiger partial charge in [-0.1, -0.05) is 34.1 Å². The van der Waals surface area contributed by atoms with Gasteiger partial charge in [0, 0.05) is 0 Å². The van der Waals surface area contributed by atoms with E-state index in [1.165, 1.54) is 0 Å². The van der Waals surface area contributed by atoms with Gasteiger partial charge >= 0.3 is 6.03 Å². The van der Waals surface area contributed by atoms with Crippen molar-refractivity contribution in [3.63, 3.8) is 0 Å². The van der Waals surface area contributed by atoms with E-state index in [4.69, 9.17) is 0 Å². The Morgan fingerprint density at radius 3 is 2.36 bits per heavy atom. The Labute approximate surface area is 89.0 Å². The highest BCUT2D eigenvalue weighted by atomic mass is 79.9. The number of imide groups is 1. The first-order valence-electron chi connectivity index (χ1n) is 4.04. The van der Waals surface area contributed by atoms with Crippen molar-refractivity contribution in [3.8, 4) is 0 Å². The van der Waals surface area contributed by atoms with Crippen LogP contribution in [0.4, 0.5) is 10.5 Å². The first-order valence-corrected chi connectivity index (χ1v) is 4.95. The van der Waals surface area contributed by atoms with Gasteiger partial charge in [0.15, 0.2) is 4.95 Å². The zero-order chi connectivity index (χ0) is 10.1. The Balaban J connectivity index is 2.36. The second-order valence-corrected chi connectivity index (χ2v) is 3.74. The van der Waals surface area contributed by atoms with Crippen molar-refractivity contribution in [2.45, 2.75) is 4.95 Å². The number of anilines is 1. The van der Waals surface area contributed by atoms with Gasteiger partial charge in [0.25, 0.3) is 5.91 Å². The summed E-state index contributed by atoms with van der Waals surface area (Å²) in [5, 5.41) is 2.47. The highest BCUT2D eigenvalue weighted by Gasteiger charge is 2.37. The summed E-state index contributed by atoms with van der Waals surface area (Å²) in [4.78, 5) is 23.4. The number of urea groups is 1. The van der Waals surface area contributed by atoms with E-state index >= 15 is 0 Å². The van der Waals surface area contributed by atoms with Crippen LogP contribution >= 0.6 is 15.9 Å². The SMILES string of the molecule is O=C1NC(Br)C(=O)N1c1ccccc1. The standard InChI is InChI=1S/C9H7BrN2O2/c10-7-8(13)12(9(14)11-7)6-4-2-1-3-5-6/h1-5,7H,(H,11,14). The molecule has 2 rings (SSSR count). The predicted molar refractivity (Wildman–Crippen MR) is 55.2 cm³/mol. The second kappa shape index (κ2) is 3.42. The van der Waals surface area contributed by atoms with E-state index in [0.29, 0.717) is 5.69 Å². The molecule has 1 fully saturated rings. The Morgan fingerprint density at radius 2 is 1.86 bits per heavy atom. The minimum atomic E-state index is -0.616. The summed E-state index contributed by atoms with van der Waals surface area (Å²) in [5.41, 5.74) is 0.581. The Kier molecular flexibility index (Phi) is 2.25. The highest BCUT2D eigenvalue weighted by molar-refractivity contribution is 9.10. The fraction of sp³-hybridized carbons (Fsp3) is 0.111. The molecule has 72 valence electrons. The molecule has 0 aromatic heterocycles. The van der Waals surface area contributed by atoms with Crippen molar-refractivity contribution >= 4 is 33.6 Å². The third kappa shape index (κ3) is 1.39. The van der Waals surface area contributed by atoms with Gasteiger partial charge in [-0.2, -0.15) is 0 Å². The molecule has 0 radical (unpaired) electrons. The van der Waals surface area contributed by atoms with Crippen molar-refractivity contribution in [1.29, 1.82) is 0 Å². The van der Waals surface area contributed by atoms with E-state index in [1.54, 1.807) is 24.3 Å². The third-order valence-electron chi connectivity index (χ3n) is 1.90. The van der Waals surface area contributed by atoms with Crippen LogP contribution in [0.3, 0.4) is 0 Å². The van der Waals surface area contributed by atoms with Crippen molar-refractivity contribution < 1.29 is 9.59 Å². The fourth-order valence-electron chi connectivity index (χ4n) is 1.27. The molecular weight excluding hydrogens is 248 g/mol. The molecule has 14 heavy (non-hydrogen) atoms. The Bertz CT molecular complexity index is 380. The van der Waals surface area contributed by atoms with Crippen molar-refractivity contribution in [2.24, 2.45) is 0 Å². The number of nitrogens with zero attached hydrogens (tertiary/aromatic N) is 1. The number of nitrogens with one attached hydrogen (secondary N) is 1. The third-order valence-corrected chi connectivity index (χ3v) is 2.53. The van der Waals surface area contributed by atoms with Crippen molar-refractivity contribution in [1.82, 2.24) is 5.32 Å². The lowest BCUT2D eigenvalue weighted by Crippen LogP contribution is -2.30. The molecule has 1 aliphatic rings. The molecule has 0 saturated carbocycles. The molecule has 5 heteroatoms. The van der Waals surface area contributed by atoms with Gasteiger partial charge < -0.3 is 5.32 Å². The van der Waals surface area contributed by atoms with Crippen molar-refractivity contribution in [3.05, 3.63) is 30.3 Å². The van der Waals surface area contributed by atoms with Crippen LogP contribution in [0.2, 0.25) is 0 Å². The lowest BCUT2D eigenvalue weighted by Gasteiger charge is -2.11. The fourth-order valence-corrected chi connectivity index (χ4v) is 1.67. The quantitative estimate of drug-likeness (QED) is 0.469. The summed E-state index contributed by atoms with van der Waals surface area (Å²) in [7, 11) is 0. The molecular formula is C9H7BrN2O2. The Morgan fingerprint density at radius 1 is 1.21 bits per heavy atom. The molecule has 1 saturated heterocycles. The number of hydrogen-bond donors (Lipinski definition) is 1. The maximum absolute atomic E-state index is 11.5. The summed E-state index contributed by atoms with van der Waals surface area (Å²) in [6.07, 6.45) is 0. The number of carbonyl (C=O) groups excluding carboxylic acids is 2. The van der Waals surface area contributed by atoms with Gasteiger partial charge in [-0.15, -0.1) is 0 Å². The van der Waals surface area contributed by atoms with E-state index in [9.17, 15) is 9.59 Å². The molecule has 0 spiro atoms. The predicted octanol–water partition coefficient (Wildman–Crippen LogP) is 1.46. The maximum atomic E-state index is 11.5. The van der Waals surface area contributed by atoms with Crippen LogP contribution in [0.5, 0.6) is 0 Å². The summed E-state index contributed by atoms with van der Waals surface area (Å²) in [6.45, 7) is 0. The van der Waals surface area contributed by atoms with E-state index in [-0.39, 0.29) is 5.91 Å². The molecule has 1 heterocycles. The van der Waals surface area contributed by atoms with Gasteiger partial charge in [0.2, 0.25) is 0 Å². The topological polar surface area (TPSA) is 49.4 Å². The summed E-state index contributed by atoms with van der Waals surface area (Å²) >= 11 is 3.06. The normalized spacial score (nSPS) is 21.2. The van der Waals surface area contributed by atoms with Gasteiger partial charge in [0.1, 0.15) is 0 Å². The first-order chi connectivity index (χ1) is 6.70. The molecule has 0 aliphatic carbocycles. The lowest BCUT2D eigenvalue weighted by atomic mass is 10.3. The molecule has 1 N–H and O–H groups in total. The highest BCUT2D eigenvalue weighted by Crippen LogP contribution is 2.20. The van der Waals surface area contributed by atoms with E-state index in [0.717, 1.165) is 4.90 Å². The summed E-state index contributed by atoms with van der Waals surface area (Å²) in [6, 6.07) is 8.40. The number of benzene rings is 1. The number of rotatable bonds is 1. The molecule has 3 amide bonds. The van der Waals surface area contributed by atoms with Gasteiger partial charge in [0.05, 0.1) is 5.69 Å². The average Bonchev–Trinajstić information content (AvgIpc) is 2.43. The number of para-hydroxylation sites is 1.